The third-order valence-electron chi connectivity index (χ3n) is 1.85. The fourth-order valence-electron chi connectivity index (χ4n) is 1.18. The molecule has 0 aromatic carbocycles. The number of nitrogens with one attached hydrogen (secondary N) is 1. The predicted molar refractivity (Wildman–Crippen MR) is 61.8 cm³/mol. The monoisotopic (exact) mass is 279 g/mol. The Morgan fingerprint density at radius 1 is 1.40 bits per heavy atom. The summed E-state index contributed by atoms with van der Waals surface area (Å²) in [6.07, 6.45) is 0.965. The first-order chi connectivity index (χ1) is 7.01. The molecule has 0 aliphatic rings. The summed E-state index contributed by atoms with van der Waals surface area (Å²) in [7, 11) is 1.33. The molecule has 0 heterocycles. The summed E-state index contributed by atoms with van der Waals surface area (Å²) in [5.74, 6) is -0.187. The van der Waals surface area contributed by atoms with Crippen LogP contribution >= 0.6 is 15.9 Å². The van der Waals surface area contributed by atoms with Crippen LogP contribution in [0.3, 0.4) is 0 Å². The van der Waals surface area contributed by atoms with E-state index in [1.54, 1.807) is 0 Å². The molecule has 4 nitrogen and oxygen atoms in total. The second kappa shape index (κ2) is 7.68. The van der Waals surface area contributed by atoms with Gasteiger partial charge >= 0.3 is 5.97 Å². The molecule has 0 radical (unpaired) electrons. The smallest absolute Gasteiger partial charge is 0.328 e. The van der Waals surface area contributed by atoms with Crippen LogP contribution in [0.15, 0.2) is 0 Å². The molecule has 0 aliphatic heterocycles. The van der Waals surface area contributed by atoms with Crippen LogP contribution < -0.4 is 5.32 Å². The maximum Gasteiger partial charge on any atom is 0.328 e. The lowest BCUT2D eigenvalue weighted by Crippen LogP contribution is -2.42. The molecular weight excluding hydrogens is 262 g/mol. The van der Waals surface area contributed by atoms with Crippen molar-refractivity contribution in [2.24, 2.45) is 5.92 Å². The number of amides is 1. The van der Waals surface area contributed by atoms with Crippen LogP contribution in [0.25, 0.3) is 0 Å². The highest BCUT2D eigenvalue weighted by molar-refractivity contribution is 9.09. The standard InChI is InChI=1S/C10H18BrNO3/c1-7(2)6-8(10(14)15-3)12-9(13)4-5-11/h7-8H,4-6H2,1-3H3,(H,12,13)/t8-/m0/s1. The van der Waals surface area contributed by atoms with Gasteiger partial charge in [0.15, 0.2) is 0 Å². The summed E-state index contributed by atoms with van der Waals surface area (Å²) in [4.78, 5) is 22.6. The number of halogens is 1. The van der Waals surface area contributed by atoms with Gasteiger partial charge in [-0.25, -0.2) is 4.79 Å². The number of carbonyl (C=O) groups is 2. The Labute approximate surface area is 98.9 Å². The zero-order chi connectivity index (χ0) is 11.8. The van der Waals surface area contributed by atoms with Gasteiger partial charge in [0.1, 0.15) is 6.04 Å². The Morgan fingerprint density at radius 2 is 2.00 bits per heavy atom. The maximum atomic E-state index is 11.3. The molecule has 15 heavy (non-hydrogen) atoms. The van der Waals surface area contributed by atoms with E-state index in [4.69, 9.17) is 0 Å². The van der Waals surface area contributed by atoms with E-state index in [1.165, 1.54) is 7.11 Å². The number of hydrogen-bond donors (Lipinski definition) is 1. The topological polar surface area (TPSA) is 55.4 Å². The van der Waals surface area contributed by atoms with E-state index in [-0.39, 0.29) is 11.9 Å². The summed E-state index contributed by atoms with van der Waals surface area (Å²) in [6, 6.07) is -0.526. The highest BCUT2D eigenvalue weighted by Gasteiger charge is 2.21. The largest absolute Gasteiger partial charge is 0.467 e. The molecule has 0 unspecified atom stereocenters. The number of alkyl halides is 1. The molecule has 1 atom stereocenters. The first kappa shape index (κ1) is 14.4. The second-order valence-corrected chi connectivity index (χ2v) is 4.50. The summed E-state index contributed by atoms with van der Waals surface area (Å²) >= 11 is 3.17. The van der Waals surface area contributed by atoms with E-state index in [2.05, 4.69) is 26.0 Å². The van der Waals surface area contributed by atoms with Crippen molar-refractivity contribution in [3.63, 3.8) is 0 Å². The lowest BCUT2D eigenvalue weighted by atomic mass is 10.0. The van der Waals surface area contributed by atoms with Crippen LogP contribution in [0, 0.1) is 5.92 Å². The number of hydrogen-bond acceptors (Lipinski definition) is 3. The van der Waals surface area contributed by atoms with Gasteiger partial charge in [0.05, 0.1) is 7.11 Å². The lowest BCUT2D eigenvalue weighted by molar-refractivity contribution is -0.145. The molecule has 1 amide bonds. The van der Waals surface area contributed by atoms with Crippen molar-refractivity contribution in [3.05, 3.63) is 0 Å². The van der Waals surface area contributed by atoms with Gasteiger partial charge in [-0.1, -0.05) is 29.8 Å². The molecular formula is C10H18BrNO3. The zero-order valence-electron chi connectivity index (χ0n) is 9.38. The molecule has 0 saturated carbocycles. The van der Waals surface area contributed by atoms with Crippen LogP contribution in [-0.2, 0) is 14.3 Å². The molecule has 0 spiro atoms. The van der Waals surface area contributed by atoms with Gasteiger partial charge in [0.2, 0.25) is 5.91 Å². The Balaban J connectivity index is 4.24. The van der Waals surface area contributed by atoms with E-state index < -0.39 is 6.04 Å². The van der Waals surface area contributed by atoms with Gasteiger partial charge in [-0.2, -0.15) is 0 Å². The number of rotatable bonds is 6. The molecule has 0 bridgehead atoms. The predicted octanol–water partition coefficient (Wildman–Crippen LogP) is 1.48. The number of esters is 1. The van der Waals surface area contributed by atoms with Crippen LogP contribution in [0.1, 0.15) is 26.7 Å². The lowest BCUT2D eigenvalue weighted by Gasteiger charge is -2.17. The van der Waals surface area contributed by atoms with E-state index >= 15 is 0 Å². The minimum atomic E-state index is -0.526. The molecule has 88 valence electrons. The van der Waals surface area contributed by atoms with E-state index in [0.29, 0.717) is 24.1 Å². The van der Waals surface area contributed by atoms with Crippen LogP contribution in [0.4, 0.5) is 0 Å². The minimum Gasteiger partial charge on any atom is -0.467 e. The van der Waals surface area contributed by atoms with Crippen LogP contribution in [0.2, 0.25) is 0 Å². The Hall–Kier alpha value is -0.580. The van der Waals surface area contributed by atoms with Crippen molar-refractivity contribution in [1.29, 1.82) is 0 Å². The normalized spacial score (nSPS) is 12.3. The van der Waals surface area contributed by atoms with E-state index in [0.717, 1.165) is 0 Å². The fraction of sp³-hybridized carbons (Fsp3) is 0.800. The molecule has 0 aromatic rings. The molecule has 1 N–H and O–H groups in total. The molecule has 5 heteroatoms. The van der Waals surface area contributed by atoms with Gasteiger partial charge in [-0.15, -0.1) is 0 Å². The van der Waals surface area contributed by atoms with Gasteiger partial charge in [0, 0.05) is 11.8 Å². The first-order valence-corrected chi connectivity index (χ1v) is 6.06. The summed E-state index contributed by atoms with van der Waals surface area (Å²) < 4.78 is 4.63. The maximum absolute atomic E-state index is 11.3. The fourth-order valence-corrected chi connectivity index (χ4v) is 1.54. The van der Waals surface area contributed by atoms with E-state index in [1.807, 2.05) is 13.8 Å². The van der Waals surface area contributed by atoms with E-state index in [9.17, 15) is 9.59 Å². The molecule has 0 aromatic heterocycles. The SMILES string of the molecule is COC(=O)[C@H](CC(C)C)NC(=O)CCBr. The van der Waals surface area contributed by atoms with Crippen molar-refractivity contribution in [1.82, 2.24) is 5.32 Å². The van der Waals surface area contributed by atoms with Crippen LogP contribution in [0.5, 0.6) is 0 Å². The summed E-state index contributed by atoms with van der Waals surface area (Å²) in [6.45, 7) is 3.99. The van der Waals surface area contributed by atoms with Crippen molar-refractivity contribution < 1.29 is 14.3 Å². The minimum absolute atomic E-state index is 0.136. The average Bonchev–Trinajstić information content (AvgIpc) is 2.15. The Bertz CT molecular complexity index is 219. The highest BCUT2D eigenvalue weighted by Crippen LogP contribution is 2.06. The van der Waals surface area contributed by atoms with Gasteiger partial charge in [-0.3, -0.25) is 4.79 Å². The second-order valence-electron chi connectivity index (χ2n) is 3.71. The quantitative estimate of drug-likeness (QED) is 0.592. The van der Waals surface area contributed by atoms with Gasteiger partial charge in [0.25, 0.3) is 0 Å². The molecule has 0 saturated heterocycles. The van der Waals surface area contributed by atoms with Crippen molar-refractivity contribution in [3.8, 4) is 0 Å². The number of carbonyl (C=O) groups excluding carboxylic acids is 2. The molecule has 0 fully saturated rings. The summed E-state index contributed by atoms with van der Waals surface area (Å²) in [5, 5.41) is 3.25. The zero-order valence-corrected chi connectivity index (χ0v) is 11.0. The van der Waals surface area contributed by atoms with Gasteiger partial charge in [-0.05, 0) is 12.3 Å². The molecule has 0 aliphatic carbocycles. The molecule has 0 rings (SSSR count). The van der Waals surface area contributed by atoms with Crippen LogP contribution in [-0.4, -0.2) is 30.4 Å². The Morgan fingerprint density at radius 3 is 2.40 bits per heavy atom. The van der Waals surface area contributed by atoms with Crippen molar-refractivity contribution >= 4 is 27.8 Å². The highest BCUT2D eigenvalue weighted by atomic mass is 79.9. The third kappa shape index (κ3) is 6.49. The summed E-state index contributed by atoms with van der Waals surface area (Å²) in [5.41, 5.74) is 0. The van der Waals surface area contributed by atoms with Crippen molar-refractivity contribution in [2.45, 2.75) is 32.7 Å². The van der Waals surface area contributed by atoms with Crippen molar-refractivity contribution in [2.75, 3.05) is 12.4 Å². The number of ether oxygens (including phenoxy) is 1. The Kier molecular flexibility index (Phi) is 7.38. The first-order valence-electron chi connectivity index (χ1n) is 4.94. The third-order valence-corrected chi connectivity index (χ3v) is 2.25. The van der Waals surface area contributed by atoms with Gasteiger partial charge < -0.3 is 10.1 Å². The average molecular weight is 280 g/mol. The number of methoxy groups -OCH3 is 1.